The fourth-order valence-electron chi connectivity index (χ4n) is 4.21. The smallest absolute Gasteiger partial charge is 0.341 e. The highest BCUT2D eigenvalue weighted by atomic mass is 35.5. The number of ether oxygens (including phenoxy) is 1. The maximum atomic E-state index is 13.7. The second kappa shape index (κ2) is 10.5. The number of thioether (sulfide) groups is 1. The summed E-state index contributed by atoms with van der Waals surface area (Å²) in [5, 5.41) is 1.12. The van der Waals surface area contributed by atoms with E-state index in [-0.39, 0.29) is 23.9 Å². The highest BCUT2D eigenvalue weighted by Crippen LogP contribution is 2.44. The van der Waals surface area contributed by atoms with Crippen LogP contribution in [0.4, 0.5) is 0 Å². The Bertz CT molecular complexity index is 1650. The lowest BCUT2D eigenvalue weighted by Gasteiger charge is -2.05. The number of aryl methyl sites for hydroxylation is 1. The molecule has 0 aliphatic heterocycles. The average Bonchev–Trinajstić information content (AvgIpc) is 3.43. The Kier molecular flexibility index (Phi) is 7.20. The summed E-state index contributed by atoms with van der Waals surface area (Å²) in [6, 6.07) is 19.6. The Morgan fingerprint density at radius 2 is 1.73 bits per heavy atom. The molecule has 0 aliphatic carbocycles. The second-order valence-electron chi connectivity index (χ2n) is 8.41. The van der Waals surface area contributed by atoms with Gasteiger partial charge in [-0.2, -0.15) is 0 Å². The van der Waals surface area contributed by atoms with Crippen molar-refractivity contribution in [3.05, 3.63) is 105 Å². The highest BCUT2D eigenvalue weighted by molar-refractivity contribution is 8.02. The Hall–Kier alpha value is -3.39. The number of esters is 1. The number of ketones is 2. The Labute approximate surface area is 227 Å². The van der Waals surface area contributed by atoms with Crippen molar-refractivity contribution in [2.24, 2.45) is 0 Å². The molecule has 186 valence electrons. The van der Waals surface area contributed by atoms with Gasteiger partial charge in [0, 0.05) is 27.7 Å². The lowest BCUT2D eigenvalue weighted by atomic mass is 10.1. The van der Waals surface area contributed by atoms with Crippen LogP contribution in [0.1, 0.15) is 48.4 Å². The van der Waals surface area contributed by atoms with Crippen molar-refractivity contribution in [2.75, 3.05) is 12.4 Å². The number of thiophene rings is 1. The van der Waals surface area contributed by atoms with Crippen LogP contribution in [-0.2, 0) is 4.74 Å². The van der Waals surface area contributed by atoms with Gasteiger partial charge in [0.25, 0.3) is 0 Å². The SMILES string of the molecule is CCOC(=O)c1c2c(C(=O)c3ccccc3)sc(SCC(=O)c3ccc(Cl)cc3)c2n2ccc(C)cc12. The van der Waals surface area contributed by atoms with Gasteiger partial charge in [0.1, 0.15) is 0 Å². The molecule has 5 nitrogen and oxygen atoms in total. The van der Waals surface area contributed by atoms with Gasteiger partial charge in [-0.25, -0.2) is 4.79 Å². The molecule has 3 heterocycles. The lowest BCUT2D eigenvalue weighted by molar-refractivity contribution is 0.0530. The minimum absolute atomic E-state index is 0.0542. The van der Waals surface area contributed by atoms with Crippen LogP contribution in [0.25, 0.3) is 16.4 Å². The molecule has 0 saturated heterocycles. The Balaban J connectivity index is 1.69. The van der Waals surface area contributed by atoms with Crippen LogP contribution >= 0.6 is 34.7 Å². The normalized spacial score (nSPS) is 11.2. The van der Waals surface area contributed by atoms with Gasteiger partial charge in [0.15, 0.2) is 5.78 Å². The van der Waals surface area contributed by atoms with E-state index in [0.717, 1.165) is 15.3 Å². The summed E-state index contributed by atoms with van der Waals surface area (Å²) in [7, 11) is 0. The molecule has 0 spiro atoms. The van der Waals surface area contributed by atoms with Crippen LogP contribution in [0.15, 0.2) is 77.1 Å². The first-order chi connectivity index (χ1) is 17.9. The first-order valence-corrected chi connectivity index (χ1v) is 13.8. The van der Waals surface area contributed by atoms with Crippen LogP contribution in [-0.4, -0.2) is 34.3 Å². The predicted octanol–water partition coefficient (Wildman–Crippen LogP) is 7.50. The zero-order valence-electron chi connectivity index (χ0n) is 20.1. The quantitative estimate of drug-likeness (QED) is 0.114. The molecule has 5 aromatic rings. The summed E-state index contributed by atoms with van der Waals surface area (Å²) in [6.07, 6.45) is 1.89. The molecular weight excluding hydrogens is 526 g/mol. The van der Waals surface area contributed by atoms with Crippen molar-refractivity contribution >= 4 is 68.7 Å². The molecule has 2 aromatic carbocycles. The number of rotatable bonds is 8. The summed E-state index contributed by atoms with van der Waals surface area (Å²) < 4.78 is 8.13. The molecule has 0 radical (unpaired) electrons. The van der Waals surface area contributed by atoms with Crippen molar-refractivity contribution in [2.45, 2.75) is 18.1 Å². The van der Waals surface area contributed by atoms with Crippen molar-refractivity contribution in [1.82, 2.24) is 4.40 Å². The van der Waals surface area contributed by atoms with E-state index in [9.17, 15) is 14.4 Å². The first-order valence-electron chi connectivity index (χ1n) is 11.6. The second-order valence-corrected chi connectivity index (χ2v) is 11.1. The van der Waals surface area contributed by atoms with E-state index in [1.807, 2.05) is 47.9 Å². The molecule has 0 saturated carbocycles. The van der Waals surface area contributed by atoms with Crippen LogP contribution in [0.3, 0.4) is 0 Å². The zero-order valence-corrected chi connectivity index (χ0v) is 22.5. The zero-order chi connectivity index (χ0) is 26.1. The standard InChI is InChI=1S/C29H22ClNO4S2/c1-3-35-28(34)23-21-15-17(2)13-14-31(21)25-24(23)27(26(33)19-7-5-4-6-8-19)37-29(25)36-16-22(32)18-9-11-20(30)12-10-18/h4-15H,3,16H2,1-2H3. The van der Waals surface area contributed by atoms with Crippen LogP contribution < -0.4 is 0 Å². The van der Waals surface area contributed by atoms with Gasteiger partial charge in [0.2, 0.25) is 5.78 Å². The van der Waals surface area contributed by atoms with Crippen molar-refractivity contribution in [1.29, 1.82) is 0 Å². The summed E-state index contributed by atoms with van der Waals surface area (Å²) in [6.45, 7) is 3.92. The molecule has 0 N–H and O–H groups in total. The highest BCUT2D eigenvalue weighted by Gasteiger charge is 2.30. The van der Waals surface area contributed by atoms with Gasteiger partial charge in [-0.15, -0.1) is 23.1 Å². The van der Waals surface area contributed by atoms with Crippen LogP contribution in [0.5, 0.6) is 0 Å². The minimum atomic E-state index is -0.477. The third kappa shape index (κ3) is 4.82. The Morgan fingerprint density at radius 1 is 1.00 bits per heavy atom. The van der Waals surface area contributed by atoms with Gasteiger partial charge in [0.05, 0.1) is 38.0 Å². The molecule has 0 amide bonds. The van der Waals surface area contributed by atoms with Crippen molar-refractivity contribution in [3.63, 3.8) is 0 Å². The van der Waals surface area contributed by atoms with Gasteiger partial charge in [-0.05, 0) is 55.8 Å². The predicted molar refractivity (Wildman–Crippen MR) is 150 cm³/mol. The third-order valence-corrected chi connectivity index (χ3v) is 8.62. The topological polar surface area (TPSA) is 64.9 Å². The van der Waals surface area contributed by atoms with Crippen LogP contribution in [0.2, 0.25) is 5.02 Å². The molecule has 0 aliphatic rings. The maximum absolute atomic E-state index is 13.7. The number of hydrogen-bond acceptors (Lipinski definition) is 6. The molecule has 5 rings (SSSR count). The van der Waals surface area contributed by atoms with E-state index in [0.29, 0.717) is 37.5 Å². The third-order valence-electron chi connectivity index (χ3n) is 5.93. The number of hydrogen-bond donors (Lipinski definition) is 0. The van der Waals surface area contributed by atoms with Gasteiger partial charge >= 0.3 is 5.97 Å². The Morgan fingerprint density at radius 3 is 2.43 bits per heavy atom. The van der Waals surface area contributed by atoms with E-state index < -0.39 is 5.97 Å². The molecule has 8 heteroatoms. The number of fused-ring (bicyclic) bond motifs is 3. The molecular formula is C29H22ClNO4S2. The van der Waals surface area contributed by atoms with Crippen molar-refractivity contribution in [3.8, 4) is 0 Å². The average molecular weight is 548 g/mol. The summed E-state index contributed by atoms with van der Waals surface area (Å²) >= 11 is 8.63. The number of nitrogens with zero attached hydrogens (tertiary/aromatic N) is 1. The van der Waals surface area contributed by atoms with Crippen LogP contribution in [0, 0.1) is 6.92 Å². The van der Waals surface area contributed by atoms with Gasteiger partial charge in [-0.1, -0.05) is 41.9 Å². The molecule has 0 bridgehead atoms. The summed E-state index contributed by atoms with van der Waals surface area (Å²) in [4.78, 5) is 40.3. The lowest BCUT2D eigenvalue weighted by Crippen LogP contribution is -2.06. The number of halogens is 1. The monoisotopic (exact) mass is 547 g/mol. The summed E-state index contributed by atoms with van der Waals surface area (Å²) in [5.74, 6) is -0.537. The van der Waals surface area contributed by atoms with E-state index in [2.05, 4.69) is 0 Å². The maximum Gasteiger partial charge on any atom is 0.341 e. The molecule has 0 unspecified atom stereocenters. The van der Waals surface area contributed by atoms with Gasteiger partial charge < -0.3 is 9.14 Å². The number of aromatic nitrogens is 1. The van der Waals surface area contributed by atoms with Crippen molar-refractivity contribution < 1.29 is 19.1 Å². The summed E-state index contributed by atoms with van der Waals surface area (Å²) in [5.41, 5.74) is 3.84. The minimum Gasteiger partial charge on any atom is -0.462 e. The molecule has 0 fully saturated rings. The fraction of sp³-hybridized carbons (Fsp3) is 0.138. The van der Waals surface area contributed by atoms with E-state index in [1.165, 1.54) is 23.1 Å². The number of carbonyl (C=O) groups is 3. The number of benzene rings is 2. The van der Waals surface area contributed by atoms with E-state index >= 15 is 0 Å². The van der Waals surface area contributed by atoms with E-state index in [4.69, 9.17) is 16.3 Å². The molecule has 3 aromatic heterocycles. The molecule has 37 heavy (non-hydrogen) atoms. The largest absolute Gasteiger partial charge is 0.462 e. The van der Waals surface area contributed by atoms with E-state index in [1.54, 1.807) is 43.3 Å². The molecule has 0 atom stereocenters. The first kappa shape index (κ1) is 25.3. The fourth-order valence-corrected chi connectivity index (χ4v) is 6.76. The van der Waals surface area contributed by atoms with Gasteiger partial charge in [-0.3, -0.25) is 9.59 Å². The number of pyridine rings is 1. The number of carbonyl (C=O) groups excluding carboxylic acids is 3. The number of Topliss-reactive ketones (excluding diaryl/α,β-unsaturated/α-hetero) is 1.